The number of carbonyl (C=O) groups excluding carboxylic acids is 1. The largest absolute Gasteiger partial charge is 0.333 e. The molecule has 4 nitrogen and oxygen atoms in total. The second-order valence-electron chi connectivity index (χ2n) is 6.31. The van der Waals surface area contributed by atoms with Gasteiger partial charge in [0, 0.05) is 25.7 Å². The summed E-state index contributed by atoms with van der Waals surface area (Å²) in [4.78, 5) is 14.6. The minimum atomic E-state index is -0.243. The van der Waals surface area contributed by atoms with Crippen LogP contribution in [0.4, 0.5) is 4.39 Å². The summed E-state index contributed by atoms with van der Waals surface area (Å²) in [6, 6.07) is 16.6. The molecular weight excluding hydrogens is 329 g/mol. The van der Waals surface area contributed by atoms with E-state index in [4.69, 9.17) is 0 Å². The van der Waals surface area contributed by atoms with Crippen molar-refractivity contribution < 1.29 is 9.18 Å². The molecule has 3 aromatic rings. The van der Waals surface area contributed by atoms with Crippen molar-refractivity contribution in [3.05, 3.63) is 77.2 Å². The molecule has 0 aliphatic heterocycles. The van der Waals surface area contributed by atoms with E-state index in [1.165, 1.54) is 6.07 Å². The van der Waals surface area contributed by atoms with Gasteiger partial charge in [0.15, 0.2) is 5.69 Å². The van der Waals surface area contributed by atoms with E-state index in [1.54, 1.807) is 41.8 Å². The third kappa shape index (κ3) is 3.67. The Balaban J connectivity index is 1.86. The quantitative estimate of drug-likeness (QED) is 0.691. The number of carbonyl (C=O) groups is 1. The van der Waals surface area contributed by atoms with Crippen molar-refractivity contribution in [2.75, 3.05) is 6.54 Å². The lowest BCUT2D eigenvalue weighted by molar-refractivity contribution is 0.0746. The Kier molecular flexibility index (Phi) is 5.16. The van der Waals surface area contributed by atoms with Crippen molar-refractivity contribution in [1.29, 1.82) is 0 Å². The Morgan fingerprint density at radius 2 is 1.88 bits per heavy atom. The minimum absolute atomic E-state index is 0.114. The van der Waals surface area contributed by atoms with Crippen LogP contribution in [-0.2, 0) is 13.6 Å². The van der Waals surface area contributed by atoms with Crippen LogP contribution >= 0.6 is 0 Å². The molecule has 0 spiro atoms. The molecule has 0 bridgehead atoms. The van der Waals surface area contributed by atoms with Crippen LogP contribution in [0.25, 0.3) is 11.3 Å². The van der Waals surface area contributed by atoms with Crippen LogP contribution in [0.3, 0.4) is 0 Å². The number of aryl methyl sites for hydroxylation is 2. The predicted octanol–water partition coefficient (Wildman–Crippen LogP) is 4.20. The van der Waals surface area contributed by atoms with Gasteiger partial charge in [-0.3, -0.25) is 9.48 Å². The molecule has 0 fully saturated rings. The number of rotatable bonds is 5. The SMILES string of the molecule is CCN(Cc1ccccc1)C(=O)c1cc(-c2ccc(F)c(C)c2)n(C)n1. The predicted molar refractivity (Wildman–Crippen MR) is 100 cm³/mol. The molecule has 0 atom stereocenters. The molecule has 0 radical (unpaired) electrons. The van der Waals surface area contributed by atoms with E-state index in [9.17, 15) is 9.18 Å². The summed E-state index contributed by atoms with van der Waals surface area (Å²) < 4.78 is 15.2. The van der Waals surface area contributed by atoms with E-state index in [1.807, 2.05) is 37.3 Å². The molecule has 1 amide bonds. The van der Waals surface area contributed by atoms with Crippen molar-refractivity contribution in [2.24, 2.45) is 7.05 Å². The molecule has 0 aliphatic rings. The maximum absolute atomic E-state index is 13.5. The van der Waals surface area contributed by atoms with E-state index >= 15 is 0 Å². The van der Waals surface area contributed by atoms with Gasteiger partial charge in [-0.25, -0.2) is 4.39 Å². The second kappa shape index (κ2) is 7.52. The summed E-state index contributed by atoms with van der Waals surface area (Å²) in [5, 5.41) is 4.38. The van der Waals surface area contributed by atoms with Gasteiger partial charge >= 0.3 is 0 Å². The molecule has 0 N–H and O–H groups in total. The zero-order chi connectivity index (χ0) is 18.7. The normalized spacial score (nSPS) is 10.8. The lowest BCUT2D eigenvalue weighted by atomic mass is 10.1. The first-order valence-electron chi connectivity index (χ1n) is 8.63. The molecule has 1 heterocycles. The number of hydrogen-bond acceptors (Lipinski definition) is 2. The maximum Gasteiger partial charge on any atom is 0.274 e. The van der Waals surface area contributed by atoms with Crippen molar-refractivity contribution in [1.82, 2.24) is 14.7 Å². The van der Waals surface area contributed by atoms with E-state index in [0.717, 1.165) is 16.8 Å². The van der Waals surface area contributed by atoms with Gasteiger partial charge in [0.2, 0.25) is 0 Å². The van der Waals surface area contributed by atoms with Crippen LogP contribution in [0.5, 0.6) is 0 Å². The van der Waals surface area contributed by atoms with Crippen molar-refractivity contribution >= 4 is 5.91 Å². The Hall–Kier alpha value is -2.95. The molecule has 0 aliphatic carbocycles. The van der Waals surface area contributed by atoms with Gasteiger partial charge in [0.1, 0.15) is 5.82 Å². The number of halogens is 1. The lowest BCUT2D eigenvalue weighted by Gasteiger charge is -2.19. The van der Waals surface area contributed by atoms with Gasteiger partial charge in [-0.05, 0) is 49.2 Å². The van der Waals surface area contributed by atoms with Gasteiger partial charge < -0.3 is 4.90 Å². The van der Waals surface area contributed by atoms with Crippen LogP contribution in [0.1, 0.15) is 28.5 Å². The maximum atomic E-state index is 13.5. The number of hydrogen-bond donors (Lipinski definition) is 0. The molecule has 134 valence electrons. The minimum Gasteiger partial charge on any atom is -0.333 e. The molecule has 5 heteroatoms. The zero-order valence-electron chi connectivity index (χ0n) is 15.2. The number of nitrogens with zero attached hydrogens (tertiary/aromatic N) is 3. The Morgan fingerprint density at radius 1 is 1.15 bits per heavy atom. The summed E-state index contributed by atoms with van der Waals surface area (Å²) in [6.45, 7) is 4.81. The van der Waals surface area contributed by atoms with E-state index in [2.05, 4.69) is 5.10 Å². The highest BCUT2D eigenvalue weighted by atomic mass is 19.1. The molecule has 3 rings (SSSR count). The van der Waals surface area contributed by atoms with Gasteiger partial charge in [0.05, 0.1) is 5.69 Å². The summed E-state index contributed by atoms with van der Waals surface area (Å²) in [5.41, 5.74) is 3.65. The van der Waals surface area contributed by atoms with Crippen LogP contribution in [0.2, 0.25) is 0 Å². The lowest BCUT2D eigenvalue weighted by Crippen LogP contribution is -2.30. The molecule has 26 heavy (non-hydrogen) atoms. The van der Waals surface area contributed by atoms with E-state index in [0.29, 0.717) is 24.3 Å². The van der Waals surface area contributed by atoms with Crippen molar-refractivity contribution in [3.8, 4) is 11.3 Å². The fraction of sp³-hybridized carbons (Fsp3) is 0.238. The van der Waals surface area contributed by atoms with E-state index < -0.39 is 0 Å². The third-order valence-electron chi connectivity index (χ3n) is 4.44. The van der Waals surface area contributed by atoms with Crippen LogP contribution < -0.4 is 0 Å². The number of aromatic nitrogens is 2. The Labute approximate surface area is 152 Å². The highest BCUT2D eigenvalue weighted by Gasteiger charge is 2.19. The molecule has 1 aromatic heterocycles. The fourth-order valence-electron chi connectivity index (χ4n) is 2.94. The van der Waals surface area contributed by atoms with Crippen LogP contribution in [-0.4, -0.2) is 27.1 Å². The van der Waals surface area contributed by atoms with E-state index in [-0.39, 0.29) is 11.7 Å². The first kappa shape index (κ1) is 17.9. The first-order valence-corrected chi connectivity index (χ1v) is 8.63. The Bertz CT molecular complexity index is 918. The van der Waals surface area contributed by atoms with Crippen molar-refractivity contribution in [2.45, 2.75) is 20.4 Å². The average molecular weight is 351 g/mol. The summed E-state index contributed by atoms with van der Waals surface area (Å²) in [5.74, 6) is -0.357. The standard InChI is InChI=1S/C21H22FN3O/c1-4-25(14-16-8-6-5-7-9-16)21(26)19-13-20(24(3)23-19)17-10-11-18(22)15(2)12-17/h5-13H,4,14H2,1-3H3. The average Bonchev–Trinajstić information content (AvgIpc) is 3.04. The second-order valence-corrected chi connectivity index (χ2v) is 6.31. The summed E-state index contributed by atoms with van der Waals surface area (Å²) in [6.07, 6.45) is 0. The van der Waals surface area contributed by atoms with Gasteiger partial charge in [-0.1, -0.05) is 30.3 Å². The van der Waals surface area contributed by atoms with Crippen molar-refractivity contribution in [3.63, 3.8) is 0 Å². The molecule has 0 saturated carbocycles. The smallest absolute Gasteiger partial charge is 0.274 e. The molecular formula is C21H22FN3O. The van der Waals surface area contributed by atoms with Gasteiger partial charge in [-0.15, -0.1) is 0 Å². The summed E-state index contributed by atoms with van der Waals surface area (Å²) >= 11 is 0. The number of benzene rings is 2. The van der Waals surface area contributed by atoms with Gasteiger partial charge in [-0.2, -0.15) is 5.10 Å². The monoisotopic (exact) mass is 351 g/mol. The fourth-order valence-corrected chi connectivity index (χ4v) is 2.94. The molecule has 0 unspecified atom stereocenters. The highest BCUT2D eigenvalue weighted by molar-refractivity contribution is 5.93. The van der Waals surface area contributed by atoms with Crippen LogP contribution in [0, 0.1) is 12.7 Å². The highest BCUT2D eigenvalue weighted by Crippen LogP contribution is 2.23. The van der Waals surface area contributed by atoms with Crippen LogP contribution in [0.15, 0.2) is 54.6 Å². The Morgan fingerprint density at radius 3 is 2.54 bits per heavy atom. The topological polar surface area (TPSA) is 38.1 Å². The summed E-state index contributed by atoms with van der Waals surface area (Å²) in [7, 11) is 1.79. The zero-order valence-corrected chi connectivity index (χ0v) is 15.2. The molecule has 0 saturated heterocycles. The first-order chi connectivity index (χ1) is 12.5. The molecule has 2 aromatic carbocycles. The van der Waals surface area contributed by atoms with Gasteiger partial charge in [0.25, 0.3) is 5.91 Å². The number of amides is 1. The third-order valence-corrected chi connectivity index (χ3v) is 4.44.